The van der Waals surface area contributed by atoms with Crippen LogP contribution in [0.15, 0.2) is 282 Å². The van der Waals surface area contributed by atoms with Crippen molar-refractivity contribution in [1.29, 1.82) is 0 Å². The normalized spacial score (nSPS) is 12.5. The van der Waals surface area contributed by atoms with Gasteiger partial charge in [-0.3, -0.25) is 37.8 Å². The number of aromatic nitrogens is 8. The molecule has 0 aliphatic carbocycles. The molecule has 0 radical (unpaired) electrons. The van der Waals surface area contributed by atoms with E-state index in [0.717, 1.165) is 0 Å². The second kappa shape index (κ2) is 33.3. The van der Waals surface area contributed by atoms with Gasteiger partial charge in [0.25, 0.3) is 80.2 Å². The third kappa shape index (κ3) is 18.2. The third-order valence-corrected chi connectivity index (χ3v) is 31.9. The zero-order chi connectivity index (χ0) is 90.7. The van der Waals surface area contributed by atoms with Crippen LogP contribution in [0.2, 0.25) is 0 Å². The minimum atomic E-state index is -4.71. The first kappa shape index (κ1) is 88.9. The van der Waals surface area contributed by atoms with Gasteiger partial charge in [0.2, 0.25) is 0 Å². The molecule has 0 atom stereocenters. The minimum absolute atomic E-state index is 0. The number of hydrogen-bond donors (Lipinski definition) is 8. The van der Waals surface area contributed by atoms with Gasteiger partial charge in [0.1, 0.15) is 0 Å². The zero-order valence-electron chi connectivity index (χ0n) is 68.8. The summed E-state index contributed by atoms with van der Waals surface area (Å²) in [6, 6.07) is 55.4. The van der Waals surface area contributed by atoms with E-state index in [4.69, 9.17) is 39.9 Å². The molecule has 0 spiro atoms. The summed E-state index contributed by atoms with van der Waals surface area (Å²) < 4.78 is 259. The number of sulfonamides is 8. The van der Waals surface area contributed by atoms with Crippen LogP contribution >= 0.6 is 0 Å². The Kier molecular flexibility index (Phi) is 22.9. The van der Waals surface area contributed by atoms with Crippen molar-refractivity contribution >= 4 is 170 Å². The first-order chi connectivity index (χ1) is 60.5. The van der Waals surface area contributed by atoms with Crippen LogP contribution in [0.3, 0.4) is 0 Å². The minimum Gasteiger partial charge on any atom is -0.357 e. The second-order valence-corrected chi connectivity index (χ2v) is 44.1. The van der Waals surface area contributed by atoms with Crippen LogP contribution in [0, 0.1) is 55.4 Å². The summed E-state index contributed by atoms with van der Waals surface area (Å²) in [7, 11) is -37.7. The average Bonchev–Trinajstić information content (AvgIpc) is 1.58. The van der Waals surface area contributed by atoms with E-state index in [9.17, 15) is 67.3 Å². The van der Waals surface area contributed by atoms with Gasteiger partial charge in [-0.25, -0.2) is 77.3 Å². The summed E-state index contributed by atoms with van der Waals surface area (Å²) in [6.45, 7) is 13.9. The van der Waals surface area contributed by atoms with Crippen molar-refractivity contribution in [2.24, 2.45) is 0 Å². The summed E-state index contributed by atoms with van der Waals surface area (Å²) in [5.41, 5.74) is -0.273. The van der Waals surface area contributed by atoms with E-state index in [2.05, 4.69) is 37.8 Å². The fourth-order valence-corrected chi connectivity index (χ4v) is 22.5. The molecular formula is C88H72N16NiO16S8. The maximum absolute atomic E-state index is 14.9. The van der Waals surface area contributed by atoms with E-state index >= 15 is 0 Å². The molecule has 2 aliphatic heterocycles. The van der Waals surface area contributed by atoms with Gasteiger partial charge in [0.15, 0.2) is 0 Å². The van der Waals surface area contributed by atoms with Crippen LogP contribution in [0.1, 0.15) is 44.5 Å². The molecule has 8 bridgehead atoms. The smallest absolute Gasteiger partial charge is 0.357 e. The average molecular weight is 1920 g/mol. The number of hydrogen-bond acceptors (Lipinski definition) is 22. The number of rotatable bonds is 24. The molecule has 3 aromatic heterocycles. The molecule has 5 heterocycles. The van der Waals surface area contributed by atoms with E-state index in [1.54, 1.807) is 55.4 Å². The van der Waals surface area contributed by atoms with Crippen molar-refractivity contribution in [3.05, 3.63) is 287 Å². The number of nitrogens with one attached hydrogen (secondary N) is 8. The summed E-state index contributed by atoms with van der Waals surface area (Å²) >= 11 is 0. The fraction of sp³-hybridized carbons (Fsp3) is 0.0909. The fourth-order valence-electron chi connectivity index (χ4n) is 13.9. The Morgan fingerprint density at radius 1 is 0.186 bits per heavy atom. The molecule has 2 aliphatic rings. The molecule has 12 aromatic carbocycles. The quantitative estimate of drug-likeness (QED) is 0.0260. The Balaban J connectivity index is 0.0000122. The second-order valence-electron chi connectivity index (χ2n) is 30.6. The standard InChI is InChI=1S/C88H72N16O16S8.Ni/c1-49-9-25-57(26-10-49)121(105,106)97-73-41-65-66(42-74(73)98-122(107,108)58-27-11-50(2)12-28-58)82-89-81(65)93-83-67-43-75(99-123(109,110)59-29-13-51(3)14-30-59)76(100-124(111,112)60-31-15-52(4)16-32-60)44-68(67)85(90-83)95-87-71-47-79(103-127(117,118)63-37-21-55(7)22-38-63)80(104-128(119,120)64-39-23-56(8)24-40-64)48-72(71)88(92-87)96-86-70-46-78(102-126(115,116)62-35-19-54(6)20-36-62)77(45-69(70)84(91-86)94-82)101-125(113,114)61-33-17-53(5)18-34-61;/h9-48,97-104H,1-8H3;/q-2;+2. The van der Waals surface area contributed by atoms with Crippen LogP contribution in [0.5, 0.6) is 0 Å². The Labute approximate surface area is 752 Å². The molecule has 658 valence electrons. The van der Waals surface area contributed by atoms with Crippen LogP contribution in [-0.2, 0) is 96.7 Å². The van der Waals surface area contributed by atoms with Crippen molar-refractivity contribution < 1.29 is 83.8 Å². The van der Waals surface area contributed by atoms with E-state index in [1.165, 1.54) is 243 Å². The maximum atomic E-state index is 14.9. The van der Waals surface area contributed by atoms with Crippen LogP contribution in [0.25, 0.3) is 89.7 Å². The topological polar surface area (TPSA) is 475 Å². The molecule has 41 heteroatoms. The molecular weight excluding hydrogens is 1850 g/mol. The van der Waals surface area contributed by atoms with E-state index in [1.807, 2.05) is 0 Å². The summed E-state index contributed by atoms with van der Waals surface area (Å²) in [4.78, 5) is 38.3. The van der Waals surface area contributed by atoms with E-state index in [-0.39, 0.29) is 99.5 Å². The third-order valence-electron chi connectivity index (χ3n) is 20.9. The molecule has 15 aromatic rings. The van der Waals surface area contributed by atoms with Gasteiger partial charge in [0, 0.05) is 44.8 Å². The summed E-state index contributed by atoms with van der Waals surface area (Å²) in [5, 5.41) is -0.582. The molecule has 0 saturated carbocycles. The Bertz CT molecular complexity index is 7390. The van der Waals surface area contributed by atoms with Crippen molar-refractivity contribution in [1.82, 2.24) is 39.9 Å². The Morgan fingerprint density at radius 3 is 0.442 bits per heavy atom. The number of nitrogens with zero attached hydrogens (tertiary/aromatic N) is 8. The van der Waals surface area contributed by atoms with Crippen molar-refractivity contribution in [2.75, 3.05) is 37.8 Å². The predicted octanol–water partition coefficient (Wildman–Crippen LogP) is 15.0. The number of benzene rings is 12. The maximum Gasteiger partial charge on any atom is 2.00 e. The monoisotopic (exact) mass is 1920 g/mol. The molecule has 17 rings (SSSR count). The SMILES string of the molecule is Cc1ccc(S(=O)(=O)Nc2cc3c(cc2NS(=O)(=O)c2ccc(C)cc2)-c2nc-3nc3[n-]c(nc4nc(nc5[n-]c(n2)c2cc(NS(=O)(=O)c6ccc(C)cc6)c(NS(=O)(=O)c6ccc(C)cc6)cc52)-c2cc(NS(=O)(=O)c5ccc(C)cc5)c(NS(=O)(=O)c5ccc(C)cc5)cc2-4)c2cc(NS(=O)(=O)c4ccc(C)cc4)c(NS(=O)(=O)c4ccc(C)cc4)cc32)cc1.[Ni+2]. The number of aryl methyl sites for hydroxylation is 8. The molecule has 8 N–H and O–H groups in total. The van der Waals surface area contributed by atoms with Crippen molar-refractivity contribution in [3.8, 4) is 45.6 Å². The summed E-state index contributed by atoms with van der Waals surface area (Å²) in [6.07, 6.45) is 0. The predicted molar refractivity (Wildman–Crippen MR) is 490 cm³/mol. The molecule has 0 fully saturated rings. The number of fused-ring (bicyclic) bond motifs is 20. The van der Waals surface area contributed by atoms with E-state index in [0.29, 0.717) is 44.5 Å². The van der Waals surface area contributed by atoms with Crippen LogP contribution < -0.4 is 47.7 Å². The largest absolute Gasteiger partial charge is 2.00 e. The van der Waals surface area contributed by atoms with Gasteiger partial charge < -0.3 is 29.9 Å². The Morgan fingerprint density at radius 2 is 0.310 bits per heavy atom. The molecule has 0 saturated heterocycles. The molecule has 32 nitrogen and oxygen atoms in total. The first-order valence-electron chi connectivity index (χ1n) is 38.7. The molecule has 0 amide bonds. The van der Waals surface area contributed by atoms with Crippen molar-refractivity contribution in [2.45, 2.75) is 94.6 Å². The van der Waals surface area contributed by atoms with Gasteiger partial charge in [-0.2, -0.15) is 0 Å². The zero-order valence-corrected chi connectivity index (χ0v) is 76.3. The van der Waals surface area contributed by atoms with E-state index < -0.39 is 172 Å². The summed E-state index contributed by atoms with van der Waals surface area (Å²) in [5.74, 6) is -1.68. The van der Waals surface area contributed by atoms with Crippen LogP contribution in [0.4, 0.5) is 45.5 Å². The van der Waals surface area contributed by atoms with Gasteiger partial charge in [-0.05, 0) is 223 Å². The van der Waals surface area contributed by atoms with Crippen LogP contribution in [-0.4, -0.2) is 97.2 Å². The van der Waals surface area contributed by atoms with Gasteiger partial charge in [-0.1, -0.05) is 142 Å². The van der Waals surface area contributed by atoms with Gasteiger partial charge in [-0.15, -0.1) is 0 Å². The number of anilines is 8. The first-order valence-corrected chi connectivity index (χ1v) is 50.6. The van der Waals surface area contributed by atoms with Crippen molar-refractivity contribution in [3.63, 3.8) is 0 Å². The molecule has 129 heavy (non-hydrogen) atoms. The van der Waals surface area contributed by atoms with Gasteiger partial charge >= 0.3 is 16.5 Å². The molecule has 0 unspecified atom stereocenters. The Hall–Kier alpha value is -13.5. The van der Waals surface area contributed by atoms with Gasteiger partial charge in [0.05, 0.1) is 108 Å².